The average Bonchev–Trinajstić information content (AvgIpc) is 3.04. The Morgan fingerprint density at radius 3 is 0.977 bits per heavy atom. The van der Waals surface area contributed by atoms with E-state index in [0.29, 0.717) is 30.3 Å². The summed E-state index contributed by atoms with van der Waals surface area (Å²) in [4.78, 5) is 12.2. The Morgan fingerprint density at radius 2 is 0.705 bits per heavy atom. The van der Waals surface area contributed by atoms with Gasteiger partial charge < -0.3 is 14.2 Å². The number of methoxy groups -OCH3 is 1. The molecule has 4 nitrogen and oxygen atoms in total. The predicted molar refractivity (Wildman–Crippen MR) is 189 cm³/mol. The highest BCUT2D eigenvalue weighted by Gasteiger charge is 2.11. The maximum Gasteiger partial charge on any atom is 0.338 e. The Balaban J connectivity index is 2.10. The van der Waals surface area contributed by atoms with E-state index in [-0.39, 0.29) is 5.97 Å². The second-order valence-corrected chi connectivity index (χ2v) is 13.1. The standard InChI is InChI=1S/C40H72O4/c1-4-6-8-10-12-14-16-18-19-21-23-25-27-29-31-33-44-39-35-37(40(41)42-3)34-38(36-39)43-32-30-28-26-24-22-20-17-15-13-11-9-7-5-2/h34-36H,4-33H2,1-3H3. The van der Waals surface area contributed by atoms with Crippen molar-refractivity contribution in [3.63, 3.8) is 0 Å². The summed E-state index contributed by atoms with van der Waals surface area (Å²) < 4.78 is 17.0. The van der Waals surface area contributed by atoms with Crippen LogP contribution in [0.4, 0.5) is 0 Å². The van der Waals surface area contributed by atoms with Crippen LogP contribution in [0.1, 0.15) is 204 Å². The molecule has 0 bridgehead atoms. The van der Waals surface area contributed by atoms with Crippen molar-refractivity contribution in [1.82, 2.24) is 0 Å². The molecular formula is C40H72O4. The van der Waals surface area contributed by atoms with E-state index >= 15 is 0 Å². The quantitative estimate of drug-likeness (QED) is 0.0582. The Kier molecular flexibility index (Phi) is 28.7. The summed E-state index contributed by atoms with van der Waals surface area (Å²) in [6.07, 6.45) is 37.6. The molecule has 0 radical (unpaired) electrons. The van der Waals surface area contributed by atoms with E-state index in [1.807, 2.05) is 6.07 Å². The first-order chi connectivity index (χ1) is 21.7. The number of carbonyl (C=O) groups excluding carboxylic acids is 1. The summed E-state index contributed by atoms with van der Waals surface area (Å²) in [6, 6.07) is 5.46. The van der Waals surface area contributed by atoms with Crippen LogP contribution in [-0.4, -0.2) is 26.3 Å². The minimum Gasteiger partial charge on any atom is -0.493 e. The zero-order valence-corrected chi connectivity index (χ0v) is 29.6. The SMILES string of the molecule is CCCCCCCCCCCCCCCCCOc1cc(OCCCCCCCCCCCCCCC)cc(C(=O)OC)c1. The zero-order chi connectivity index (χ0) is 31.8. The normalized spacial score (nSPS) is 11.2. The van der Waals surface area contributed by atoms with E-state index < -0.39 is 0 Å². The van der Waals surface area contributed by atoms with E-state index in [2.05, 4.69) is 13.8 Å². The highest BCUT2D eigenvalue weighted by molar-refractivity contribution is 5.90. The third-order valence-electron chi connectivity index (χ3n) is 8.83. The number of rotatable bonds is 33. The van der Waals surface area contributed by atoms with Crippen LogP contribution in [0, 0.1) is 0 Å². The second-order valence-electron chi connectivity index (χ2n) is 13.1. The number of hydrogen-bond acceptors (Lipinski definition) is 4. The molecule has 0 aliphatic rings. The summed E-state index contributed by atoms with van der Waals surface area (Å²) >= 11 is 0. The zero-order valence-electron chi connectivity index (χ0n) is 29.6. The van der Waals surface area contributed by atoms with Crippen molar-refractivity contribution >= 4 is 5.97 Å². The Labute approximate surface area is 273 Å². The first-order valence-corrected chi connectivity index (χ1v) is 19.2. The molecule has 0 aromatic heterocycles. The van der Waals surface area contributed by atoms with E-state index in [4.69, 9.17) is 14.2 Å². The van der Waals surface area contributed by atoms with Crippen LogP contribution in [-0.2, 0) is 4.74 Å². The largest absolute Gasteiger partial charge is 0.493 e. The lowest BCUT2D eigenvalue weighted by molar-refractivity contribution is 0.0599. The van der Waals surface area contributed by atoms with Crippen LogP contribution < -0.4 is 9.47 Å². The highest BCUT2D eigenvalue weighted by Crippen LogP contribution is 2.25. The fourth-order valence-electron chi connectivity index (χ4n) is 5.95. The van der Waals surface area contributed by atoms with E-state index in [9.17, 15) is 4.79 Å². The minimum absolute atomic E-state index is 0.353. The highest BCUT2D eigenvalue weighted by atomic mass is 16.5. The number of hydrogen-bond donors (Lipinski definition) is 0. The smallest absolute Gasteiger partial charge is 0.338 e. The van der Waals surface area contributed by atoms with E-state index in [1.54, 1.807) is 12.1 Å². The van der Waals surface area contributed by atoms with Gasteiger partial charge in [0.2, 0.25) is 0 Å². The van der Waals surface area contributed by atoms with Gasteiger partial charge in [0, 0.05) is 6.07 Å². The second kappa shape index (κ2) is 31.3. The number of benzene rings is 1. The monoisotopic (exact) mass is 617 g/mol. The molecule has 0 atom stereocenters. The molecule has 0 spiro atoms. The van der Waals surface area contributed by atoms with Gasteiger partial charge in [-0.05, 0) is 25.0 Å². The van der Waals surface area contributed by atoms with Gasteiger partial charge in [-0.2, -0.15) is 0 Å². The molecule has 0 unspecified atom stereocenters. The minimum atomic E-state index is -0.353. The fraction of sp³-hybridized carbons (Fsp3) is 0.825. The lowest BCUT2D eigenvalue weighted by Crippen LogP contribution is -2.05. The van der Waals surface area contributed by atoms with Crippen LogP contribution in [0.5, 0.6) is 11.5 Å². The van der Waals surface area contributed by atoms with Gasteiger partial charge in [-0.25, -0.2) is 4.79 Å². The van der Waals surface area contributed by atoms with Gasteiger partial charge in [-0.1, -0.05) is 181 Å². The van der Waals surface area contributed by atoms with Gasteiger partial charge in [-0.3, -0.25) is 0 Å². The molecule has 0 heterocycles. The molecule has 0 aliphatic carbocycles. The summed E-state index contributed by atoms with van der Waals surface area (Å²) in [5.41, 5.74) is 0.488. The van der Waals surface area contributed by atoms with Crippen molar-refractivity contribution in [2.75, 3.05) is 20.3 Å². The van der Waals surface area contributed by atoms with Crippen molar-refractivity contribution in [3.05, 3.63) is 23.8 Å². The molecule has 4 heteroatoms. The summed E-state index contributed by atoms with van der Waals surface area (Å²) in [5, 5.41) is 0. The molecule has 256 valence electrons. The number of carbonyl (C=O) groups is 1. The van der Waals surface area contributed by atoms with Crippen molar-refractivity contribution in [2.24, 2.45) is 0 Å². The first kappa shape index (κ1) is 40.3. The molecule has 0 saturated heterocycles. The van der Waals surface area contributed by atoms with E-state index in [0.717, 1.165) is 12.8 Å². The average molecular weight is 617 g/mol. The molecule has 1 aromatic carbocycles. The molecule has 44 heavy (non-hydrogen) atoms. The Hall–Kier alpha value is -1.71. The third-order valence-corrected chi connectivity index (χ3v) is 8.83. The summed E-state index contributed by atoms with van der Waals surface area (Å²) in [7, 11) is 1.42. The van der Waals surface area contributed by atoms with Gasteiger partial charge in [-0.15, -0.1) is 0 Å². The Morgan fingerprint density at radius 1 is 0.432 bits per heavy atom. The molecule has 1 rings (SSSR count). The molecule has 0 fully saturated rings. The van der Waals surface area contributed by atoms with E-state index in [1.165, 1.54) is 174 Å². The summed E-state index contributed by atoms with van der Waals surface area (Å²) in [6.45, 7) is 5.90. The van der Waals surface area contributed by atoms with Crippen LogP contribution in [0.2, 0.25) is 0 Å². The van der Waals surface area contributed by atoms with Gasteiger partial charge in [0.05, 0.1) is 25.9 Å². The van der Waals surface area contributed by atoms with Crippen molar-refractivity contribution < 1.29 is 19.0 Å². The topological polar surface area (TPSA) is 44.8 Å². The molecule has 0 amide bonds. The van der Waals surface area contributed by atoms with Crippen molar-refractivity contribution in [3.8, 4) is 11.5 Å². The molecule has 0 N–H and O–H groups in total. The van der Waals surface area contributed by atoms with Crippen LogP contribution >= 0.6 is 0 Å². The van der Waals surface area contributed by atoms with Gasteiger partial charge in [0.25, 0.3) is 0 Å². The molecule has 0 aliphatic heterocycles. The number of unbranched alkanes of at least 4 members (excludes halogenated alkanes) is 26. The van der Waals surface area contributed by atoms with Crippen LogP contribution in [0.25, 0.3) is 0 Å². The first-order valence-electron chi connectivity index (χ1n) is 19.2. The van der Waals surface area contributed by atoms with Crippen LogP contribution in [0.3, 0.4) is 0 Å². The predicted octanol–water partition coefficient (Wildman–Crippen LogP) is 13.2. The third kappa shape index (κ3) is 24.6. The molecule has 0 saturated carbocycles. The summed E-state index contributed by atoms with van der Waals surface area (Å²) in [5.74, 6) is 1.03. The lowest BCUT2D eigenvalue weighted by Gasteiger charge is -2.12. The molecule has 1 aromatic rings. The van der Waals surface area contributed by atoms with Crippen molar-refractivity contribution in [1.29, 1.82) is 0 Å². The lowest BCUT2D eigenvalue weighted by atomic mass is 10.0. The Bertz CT molecular complexity index is 762. The number of esters is 1. The van der Waals surface area contributed by atoms with Gasteiger partial charge in [0.1, 0.15) is 11.5 Å². The fourth-order valence-corrected chi connectivity index (χ4v) is 5.95. The maximum atomic E-state index is 12.2. The van der Waals surface area contributed by atoms with Crippen molar-refractivity contribution in [2.45, 2.75) is 194 Å². The van der Waals surface area contributed by atoms with Crippen LogP contribution in [0.15, 0.2) is 18.2 Å². The van der Waals surface area contributed by atoms with Gasteiger partial charge >= 0.3 is 5.97 Å². The molecular weight excluding hydrogens is 544 g/mol. The van der Waals surface area contributed by atoms with Gasteiger partial charge in [0.15, 0.2) is 0 Å². The maximum absolute atomic E-state index is 12.2. The number of ether oxygens (including phenoxy) is 3.